The number of hydrogen-bond acceptors (Lipinski definition) is 7. The number of aliphatic carboxylic acids is 1. The number of nitrogens with zero attached hydrogens (tertiary/aromatic N) is 1. The molecule has 0 saturated carbocycles. The largest absolute Gasteiger partial charge is 0.544 e. The van der Waals surface area contributed by atoms with E-state index in [4.69, 9.17) is 14.2 Å². The molecule has 8 nitrogen and oxygen atoms in total. The fourth-order valence-corrected chi connectivity index (χ4v) is 8.06. The summed E-state index contributed by atoms with van der Waals surface area (Å²) in [5.74, 6) is -1.73. The van der Waals surface area contributed by atoms with Crippen LogP contribution in [0.4, 0.5) is 0 Å². The van der Waals surface area contributed by atoms with Crippen LogP contribution in [-0.4, -0.2) is 75.5 Å². The molecule has 0 aliphatic carbocycles. The molecule has 2 atom stereocenters. The summed E-state index contributed by atoms with van der Waals surface area (Å²) < 4.78 is 17.3. The van der Waals surface area contributed by atoms with Crippen molar-refractivity contribution in [3.63, 3.8) is 0 Å². The van der Waals surface area contributed by atoms with Crippen LogP contribution in [0.2, 0.25) is 0 Å². The lowest BCUT2D eigenvalue weighted by atomic mass is 10.1. The van der Waals surface area contributed by atoms with Gasteiger partial charge in [-0.2, -0.15) is 0 Å². The Hall–Kier alpha value is -2.45. The van der Waals surface area contributed by atoms with Crippen molar-refractivity contribution in [1.82, 2.24) is 0 Å². The summed E-state index contributed by atoms with van der Waals surface area (Å²) in [5, 5.41) is 11.7. The monoisotopic (exact) mass is 902 g/mol. The van der Waals surface area contributed by atoms with E-state index < -0.39 is 18.1 Å². The topological polar surface area (TPSA) is 102 Å². The quantitative estimate of drug-likeness (QED) is 0.0197. The van der Waals surface area contributed by atoms with Gasteiger partial charge in [0.05, 0.1) is 40.3 Å². The second-order valence-corrected chi connectivity index (χ2v) is 19.5. The van der Waals surface area contributed by atoms with Crippen molar-refractivity contribution >= 4 is 17.9 Å². The highest BCUT2D eigenvalue weighted by Crippen LogP contribution is 2.16. The van der Waals surface area contributed by atoms with E-state index in [1.54, 1.807) is 0 Å². The van der Waals surface area contributed by atoms with Crippen LogP contribution in [-0.2, 0) is 28.6 Å². The number of unbranched alkanes of at least 4 members (excludes halogenated alkanes) is 30. The minimum Gasteiger partial charge on any atom is -0.544 e. The van der Waals surface area contributed by atoms with E-state index in [9.17, 15) is 19.5 Å². The summed E-state index contributed by atoms with van der Waals surface area (Å²) >= 11 is 0. The van der Waals surface area contributed by atoms with Gasteiger partial charge in [-0.3, -0.25) is 9.59 Å². The molecule has 8 heteroatoms. The van der Waals surface area contributed by atoms with Gasteiger partial charge in [-0.15, -0.1) is 0 Å². The molecule has 0 radical (unpaired) electrons. The lowest BCUT2D eigenvalue weighted by Crippen LogP contribution is -2.55. The van der Waals surface area contributed by atoms with Crippen LogP contribution in [0, 0.1) is 0 Å². The minimum atomic E-state index is -1.12. The molecule has 2 unspecified atom stereocenters. The molecular formula is C56H103NO7. The molecule has 0 spiro atoms. The van der Waals surface area contributed by atoms with Crippen LogP contribution in [0.5, 0.6) is 0 Å². The van der Waals surface area contributed by atoms with Crippen molar-refractivity contribution in [3.8, 4) is 0 Å². The van der Waals surface area contributed by atoms with E-state index in [1.165, 1.54) is 180 Å². The summed E-state index contributed by atoms with van der Waals surface area (Å²) in [6.45, 7) is 4.66. The molecule has 0 amide bonds. The zero-order chi connectivity index (χ0) is 47.0. The van der Waals surface area contributed by atoms with E-state index in [1.807, 2.05) is 21.1 Å². The Morgan fingerprint density at radius 1 is 0.469 bits per heavy atom. The van der Waals surface area contributed by atoms with Crippen LogP contribution < -0.4 is 5.11 Å². The Labute approximate surface area is 395 Å². The van der Waals surface area contributed by atoms with Gasteiger partial charge in [-0.05, 0) is 64.2 Å². The smallest absolute Gasteiger partial charge is 0.306 e. The van der Waals surface area contributed by atoms with Gasteiger partial charge < -0.3 is 28.6 Å². The van der Waals surface area contributed by atoms with E-state index >= 15 is 0 Å². The van der Waals surface area contributed by atoms with Crippen molar-refractivity contribution in [2.24, 2.45) is 0 Å². The molecule has 374 valence electrons. The number of carbonyl (C=O) groups excluding carboxylic acids is 3. The van der Waals surface area contributed by atoms with Gasteiger partial charge in [0, 0.05) is 19.3 Å². The standard InChI is InChI=1S/C56H103NO7/c1-6-8-10-12-14-16-18-20-22-24-26-27-29-31-33-35-37-39-41-43-45-47-55(59)64-52(50-62-49-48-53(56(60)61)57(3,4)5)51-63-54(58)46-44-42-40-38-36-34-32-30-28-25-23-21-19-17-15-13-11-9-7-2/h15,17,19,21,27,29,52-53H,6-14,16,18,20,22-26,28,30-51H2,1-5H3/b17-15+,21-19+,29-27+. The molecule has 0 rings (SSSR count). The highest BCUT2D eigenvalue weighted by molar-refractivity contribution is 5.70. The third-order valence-corrected chi connectivity index (χ3v) is 12.3. The number of carboxylic acids is 1. The number of ether oxygens (including phenoxy) is 3. The maximum Gasteiger partial charge on any atom is 0.306 e. The summed E-state index contributed by atoms with van der Waals surface area (Å²) in [4.78, 5) is 37.1. The van der Waals surface area contributed by atoms with Gasteiger partial charge in [0.2, 0.25) is 0 Å². The number of esters is 2. The van der Waals surface area contributed by atoms with Crippen molar-refractivity contribution < 1.29 is 38.2 Å². The molecule has 0 N–H and O–H groups in total. The zero-order valence-electron chi connectivity index (χ0n) is 42.7. The molecule has 0 aromatic heterocycles. The van der Waals surface area contributed by atoms with Crippen LogP contribution in [0.15, 0.2) is 36.5 Å². The molecule has 0 saturated heterocycles. The minimum absolute atomic E-state index is 0.0400. The molecule has 0 aromatic rings. The first-order chi connectivity index (χ1) is 31.1. The van der Waals surface area contributed by atoms with E-state index in [-0.39, 0.29) is 42.7 Å². The third-order valence-electron chi connectivity index (χ3n) is 12.3. The fraction of sp³-hybridized carbons (Fsp3) is 0.839. The number of quaternary nitrogens is 1. The van der Waals surface area contributed by atoms with Crippen LogP contribution >= 0.6 is 0 Å². The van der Waals surface area contributed by atoms with Crippen molar-refractivity contribution in [2.45, 2.75) is 264 Å². The van der Waals surface area contributed by atoms with Crippen molar-refractivity contribution in [3.05, 3.63) is 36.5 Å². The maximum absolute atomic E-state index is 12.8. The number of allylic oxidation sites excluding steroid dienone is 6. The first-order valence-corrected chi connectivity index (χ1v) is 27.0. The Morgan fingerprint density at radius 2 is 0.828 bits per heavy atom. The van der Waals surface area contributed by atoms with Gasteiger partial charge in [-0.25, -0.2) is 0 Å². The molecule has 0 heterocycles. The van der Waals surface area contributed by atoms with Crippen LogP contribution in [0.3, 0.4) is 0 Å². The highest BCUT2D eigenvalue weighted by Gasteiger charge is 2.25. The predicted molar refractivity (Wildman–Crippen MR) is 268 cm³/mol. The summed E-state index contributed by atoms with van der Waals surface area (Å²) in [5.41, 5.74) is 0. The molecular weight excluding hydrogens is 799 g/mol. The molecule has 0 aliphatic rings. The fourth-order valence-electron chi connectivity index (χ4n) is 8.06. The van der Waals surface area contributed by atoms with Gasteiger partial charge in [0.15, 0.2) is 6.10 Å². The van der Waals surface area contributed by atoms with E-state index in [2.05, 4.69) is 50.3 Å². The van der Waals surface area contributed by atoms with Gasteiger partial charge in [0.25, 0.3) is 0 Å². The number of carbonyl (C=O) groups is 3. The summed E-state index contributed by atoms with van der Waals surface area (Å²) in [7, 11) is 5.42. The maximum atomic E-state index is 12.8. The molecule has 0 bridgehead atoms. The highest BCUT2D eigenvalue weighted by atomic mass is 16.6. The first kappa shape index (κ1) is 61.5. The molecule has 0 fully saturated rings. The summed E-state index contributed by atoms with van der Waals surface area (Å²) in [6.07, 6.45) is 56.0. The van der Waals surface area contributed by atoms with Gasteiger partial charge in [-0.1, -0.05) is 204 Å². The lowest BCUT2D eigenvalue weighted by molar-refractivity contribution is -0.889. The van der Waals surface area contributed by atoms with Crippen molar-refractivity contribution in [2.75, 3.05) is 41.0 Å². The number of carboxylic acid groups (broad SMARTS) is 1. The Balaban J connectivity index is 4.21. The Kier molecular flexibility index (Phi) is 45.3. The number of hydrogen-bond donors (Lipinski definition) is 0. The third kappa shape index (κ3) is 44.7. The number of likely N-dealkylation sites (N-methyl/N-ethyl adjacent to an activating group) is 1. The summed E-state index contributed by atoms with van der Waals surface area (Å²) in [6, 6.07) is -0.727. The number of rotatable bonds is 49. The van der Waals surface area contributed by atoms with Gasteiger partial charge >= 0.3 is 11.9 Å². The lowest BCUT2D eigenvalue weighted by Gasteiger charge is -2.34. The van der Waals surface area contributed by atoms with Crippen LogP contribution in [0.25, 0.3) is 0 Å². The van der Waals surface area contributed by atoms with E-state index in [0.717, 1.165) is 38.5 Å². The Morgan fingerprint density at radius 3 is 1.25 bits per heavy atom. The normalized spacial score (nSPS) is 13.1. The second kappa shape index (κ2) is 47.1. The Bertz CT molecular complexity index is 1140. The van der Waals surface area contributed by atoms with Gasteiger partial charge in [0.1, 0.15) is 12.6 Å². The SMILES string of the molecule is CCCCC/C=C/C=C/CCCCCCCCCCCCC(=O)OCC(COCCC(C(=O)[O-])[N+](C)(C)C)OC(=O)CCCCCCCCC/C=C/CCCCCCCCCCCC. The zero-order valence-corrected chi connectivity index (χ0v) is 42.7. The van der Waals surface area contributed by atoms with Crippen molar-refractivity contribution in [1.29, 1.82) is 0 Å². The molecule has 0 aliphatic heterocycles. The van der Waals surface area contributed by atoms with E-state index in [0.29, 0.717) is 12.8 Å². The first-order valence-electron chi connectivity index (χ1n) is 27.0. The second-order valence-electron chi connectivity index (χ2n) is 19.5. The average molecular weight is 902 g/mol. The molecule has 64 heavy (non-hydrogen) atoms. The molecule has 0 aromatic carbocycles. The predicted octanol–water partition coefficient (Wildman–Crippen LogP) is 14.4. The average Bonchev–Trinajstić information content (AvgIpc) is 3.26. The van der Waals surface area contributed by atoms with Crippen LogP contribution in [0.1, 0.15) is 251 Å².